The molecule has 0 saturated heterocycles. The lowest BCUT2D eigenvalue weighted by Crippen LogP contribution is -2.20. The molecule has 0 aliphatic heterocycles. The van der Waals surface area contributed by atoms with Gasteiger partial charge in [0.15, 0.2) is 0 Å². The van der Waals surface area contributed by atoms with Crippen molar-refractivity contribution in [1.82, 2.24) is 0 Å². The average Bonchev–Trinajstić information content (AvgIpc) is 3.18. The molecule has 5 heteroatoms. The Morgan fingerprint density at radius 2 is 1.94 bits per heavy atom. The molecule has 0 radical (unpaired) electrons. The maximum absolute atomic E-state index is 11.7. The van der Waals surface area contributed by atoms with E-state index >= 15 is 0 Å². The fraction of sp³-hybridized carbons (Fsp3) is 0.462. The first-order valence-corrected chi connectivity index (χ1v) is 6.46. The molecule has 2 rings (SSSR count). The highest BCUT2D eigenvalue weighted by atomic mass is 32.2. The highest BCUT2D eigenvalue weighted by Gasteiger charge is 2.52. The van der Waals surface area contributed by atoms with Crippen molar-refractivity contribution in [2.75, 3.05) is 21.3 Å². The largest absolute Gasteiger partial charge is 0.497 e. The molecule has 0 N–H and O–H groups in total. The molecule has 0 aromatic heterocycles. The molecule has 0 unspecified atom stereocenters. The topological polar surface area (TPSA) is 44.8 Å². The van der Waals surface area contributed by atoms with Crippen molar-refractivity contribution < 1.29 is 19.0 Å². The molecule has 1 aliphatic carbocycles. The summed E-state index contributed by atoms with van der Waals surface area (Å²) in [7, 11) is 4.65. The number of hydrogen-bond acceptors (Lipinski definition) is 5. The van der Waals surface area contributed by atoms with Crippen molar-refractivity contribution in [2.45, 2.75) is 22.5 Å². The van der Waals surface area contributed by atoms with E-state index < -0.39 is 4.75 Å². The van der Waals surface area contributed by atoms with Gasteiger partial charge in [0.2, 0.25) is 0 Å². The number of methoxy groups -OCH3 is 3. The fourth-order valence-electron chi connectivity index (χ4n) is 1.72. The minimum absolute atomic E-state index is 0.169. The van der Waals surface area contributed by atoms with Gasteiger partial charge in [-0.2, -0.15) is 0 Å². The first-order valence-electron chi connectivity index (χ1n) is 5.64. The predicted octanol–water partition coefficient (Wildman–Crippen LogP) is 2.50. The molecule has 1 saturated carbocycles. The van der Waals surface area contributed by atoms with Crippen LogP contribution >= 0.6 is 11.8 Å². The van der Waals surface area contributed by atoms with Crippen LogP contribution < -0.4 is 9.47 Å². The van der Waals surface area contributed by atoms with E-state index in [2.05, 4.69) is 0 Å². The van der Waals surface area contributed by atoms with Crippen LogP contribution in [-0.4, -0.2) is 32.0 Å². The Morgan fingerprint density at radius 3 is 2.44 bits per heavy atom. The molecule has 0 spiro atoms. The third kappa shape index (κ3) is 2.41. The predicted molar refractivity (Wildman–Crippen MR) is 69.4 cm³/mol. The lowest BCUT2D eigenvalue weighted by Gasteiger charge is -2.15. The number of hydrogen-bond donors (Lipinski definition) is 0. The van der Waals surface area contributed by atoms with Crippen LogP contribution in [0.5, 0.6) is 11.5 Å². The molecule has 1 aliphatic rings. The number of benzene rings is 1. The summed E-state index contributed by atoms with van der Waals surface area (Å²) in [4.78, 5) is 12.6. The van der Waals surface area contributed by atoms with Gasteiger partial charge in [0.1, 0.15) is 16.2 Å². The quantitative estimate of drug-likeness (QED) is 0.768. The number of esters is 1. The van der Waals surface area contributed by atoms with Crippen molar-refractivity contribution in [1.29, 1.82) is 0 Å². The zero-order valence-electron chi connectivity index (χ0n) is 10.7. The second kappa shape index (κ2) is 5.10. The maximum atomic E-state index is 11.7. The Labute approximate surface area is 111 Å². The normalized spacial score (nSPS) is 15.9. The maximum Gasteiger partial charge on any atom is 0.322 e. The monoisotopic (exact) mass is 268 g/mol. The number of rotatable bonds is 5. The van der Waals surface area contributed by atoms with Crippen molar-refractivity contribution in [3.05, 3.63) is 18.2 Å². The lowest BCUT2D eigenvalue weighted by atomic mass is 10.3. The molecule has 0 bridgehead atoms. The van der Waals surface area contributed by atoms with Gasteiger partial charge in [-0.05, 0) is 31.0 Å². The molecule has 18 heavy (non-hydrogen) atoms. The van der Waals surface area contributed by atoms with E-state index in [1.165, 1.54) is 18.9 Å². The molecule has 0 amide bonds. The van der Waals surface area contributed by atoms with E-state index in [4.69, 9.17) is 14.2 Å². The summed E-state index contributed by atoms with van der Waals surface area (Å²) in [5.41, 5.74) is 0. The number of thioether (sulfide) groups is 1. The Bertz CT molecular complexity index is 454. The highest BCUT2D eigenvalue weighted by molar-refractivity contribution is 8.01. The van der Waals surface area contributed by atoms with Gasteiger partial charge in [-0.15, -0.1) is 11.8 Å². The molecule has 4 nitrogen and oxygen atoms in total. The summed E-state index contributed by atoms with van der Waals surface area (Å²) in [5.74, 6) is 1.33. The van der Waals surface area contributed by atoms with Crippen LogP contribution in [-0.2, 0) is 9.53 Å². The van der Waals surface area contributed by atoms with E-state index in [1.54, 1.807) is 14.2 Å². The van der Waals surface area contributed by atoms with Crippen molar-refractivity contribution in [3.8, 4) is 11.5 Å². The highest BCUT2D eigenvalue weighted by Crippen LogP contribution is 2.54. The van der Waals surface area contributed by atoms with Crippen LogP contribution in [0.3, 0.4) is 0 Å². The Morgan fingerprint density at radius 1 is 1.22 bits per heavy atom. The first-order chi connectivity index (χ1) is 8.65. The zero-order chi connectivity index (χ0) is 13.2. The van der Waals surface area contributed by atoms with Gasteiger partial charge < -0.3 is 14.2 Å². The zero-order valence-corrected chi connectivity index (χ0v) is 11.5. The van der Waals surface area contributed by atoms with Gasteiger partial charge in [0.25, 0.3) is 0 Å². The molecule has 98 valence electrons. The van der Waals surface area contributed by atoms with Gasteiger partial charge in [-0.25, -0.2) is 0 Å². The second-order valence-corrected chi connectivity index (χ2v) is 5.53. The summed E-state index contributed by atoms with van der Waals surface area (Å²) in [5, 5.41) is 0. The third-order valence-corrected chi connectivity index (χ3v) is 4.44. The molecule has 0 heterocycles. The van der Waals surface area contributed by atoms with Crippen LogP contribution in [0.15, 0.2) is 23.1 Å². The lowest BCUT2D eigenvalue weighted by molar-refractivity contribution is -0.140. The number of carbonyl (C=O) groups excluding carboxylic acids is 1. The van der Waals surface area contributed by atoms with E-state index in [-0.39, 0.29) is 5.97 Å². The fourth-order valence-corrected chi connectivity index (χ4v) is 3.04. The van der Waals surface area contributed by atoms with E-state index in [1.807, 2.05) is 18.2 Å². The smallest absolute Gasteiger partial charge is 0.322 e. The third-order valence-electron chi connectivity index (χ3n) is 2.94. The van der Waals surface area contributed by atoms with Crippen LogP contribution in [0.2, 0.25) is 0 Å². The standard InChI is InChI=1S/C13H16O4S/c1-15-9-4-5-10(16-2)11(8-9)18-13(6-7-13)12(14)17-3/h4-5,8H,6-7H2,1-3H3. The van der Waals surface area contributed by atoms with Gasteiger partial charge >= 0.3 is 5.97 Å². The summed E-state index contributed by atoms with van der Waals surface area (Å²) < 4.78 is 14.9. The second-order valence-electron chi connectivity index (χ2n) is 4.10. The van der Waals surface area contributed by atoms with Crippen LogP contribution in [0.1, 0.15) is 12.8 Å². The minimum atomic E-state index is -0.436. The molecule has 1 aromatic rings. The van der Waals surface area contributed by atoms with Crippen LogP contribution in [0, 0.1) is 0 Å². The van der Waals surface area contributed by atoms with Crippen molar-refractivity contribution in [2.24, 2.45) is 0 Å². The Balaban J connectivity index is 2.25. The van der Waals surface area contributed by atoms with E-state index in [0.717, 1.165) is 29.2 Å². The minimum Gasteiger partial charge on any atom is -0.497 e. The summed E-state index contributed by atoms with van der Waals surface area (Å²) in [6.45, 7) is 0. The number of carbonyl (C=O) groups is 1. The van der Waals surface area contributed by atoms with E-state index in [0.29, 0.717) is 0 Å². The first kappa shape index (κ1) is 13.1. The van der Waals surface area contributed by atoms with Crippen molar-refractivity contribution in [3.63, 3.8) is 0 Å². The summed E-state index contributed by atoms with van der Waals surface area (Å²) >= 11 is 1.49. The number of ether oxygens (including phenoxy) is 3. The van der Waals surface area contributed by atoms with E-state index in [9.17, 15) is 4.79 Å². The Kier molecular flexibility index (Phi) is 3.71. The SMILES string of the molecule is COC(=O)C1(Sc2cc(OC)ccc2OC)CC1. The molecular formula is C13H16O4S. The molecule has 1 fully saturated rings. The Hall–Kier alpha value is -1.36. The summed E-state index contributed by atoms with van der Waals surface area (Å²) in [6.07, 6.45) is 1.68. The van der Waals surface area contributed by atoms with Crippen molar-refractivity contribution >= 4 is 17.7 Å². The van der Waals surface area contributed by atoms with Gasteiger partial charge in [0.05, 0.1) is 26.2 Å². The molecule has 0 atom stereocenters. The summed E-state index contributed by atoms with van der Waals surface area (Å²) in [6, 6.07) is 5.56. The molecule has 1 aromatic carbocycles. The molecular weight excluding hydrogens is 252 g/mol. The van der Waals surface area contributed by atoms with Crippen LogP contribution in [0.25, 0.3) is 0 Å². The average molecular weight is 268 g/mol. The van der Waals surface area contributed by atoms with Gasteiger partial charge in [-0.1, -0.05) is 0 Å². The van der Waals surface area contributed by atoms with Gasteiger partial charge in [0, 0.05) is 0 Å². The van der Waals surface area contributed by atoms with Crippen LogP contribution in [0.4, 0.5) is 0 Å². The van der Waals surface area contributed by atoms with Gasteiger partial charge in [-0.3, -0.25) is 4.79 Å².